The van der Waals surface area contributed by atoms with E-state index in [1.807, 2.05) is 34.6 Å². The fraction of sp³-hybridized carbons (Fsp3) is 0.786. The van der Waals surface area contributed by atoms with Crippen molar-refractivity contribution >= 4 is 10.0 Å². The van der Waals surface area contributed by atoms with Crippen molar-refractivity contribution < 1.29 is 8.42 Å². The van der Waals surface area contributed by atoms with Crippen LogP contribution in [0.1, 0.15) is 46.0 Å². The number of aromatic nitrogens is 2. The van der Waals surface area contributed by atoms with Crippen LogP contribution in [0.3, 0.4) is 0 Å². The van der Waals surface area contributed by atoms with Crippen LogP contribution in [0.25, 0.3) is 0 Å². The lowest BCUT2D eigenvalue weighted by atomic mass is 10.2. The molecule has 1 aromatic heterocycles. The van der Waals surface area contributed by atoms with Crippen molar-refractivity contribution in [2.24, 2.45) is 5.92 Å². The molecule has 1 rings (SSSR count). The first kappa shape index (κ1) is 18.1. The van der Waals surface area contributed by atoms with Crippen molar-refractivity contribution in [3.05, 3.63) is 11.4 Å². The summed E-state index contributed by atoms with van der Waals surface area (Å²) in [6.45, 7) is 13.3. The number of sulfonamides is 1. The maximum Gasteiger partial charge on any atom is 0.247 e. The van der Waals surface area contributed by atoms with E-state index < -0.39 is 10.0 Å². The van der Waals surface area contributed by atoms with E-state index in [9.17, 15) is 8.42 Å². The predicted octanol–water partition coefficient (Wildman–Crippen LogP) is 1.88. The van der Waals surface area contributed by atoms with E-state index in [2.05, 4.69) is 15.5 Å². The zero-order valence-electron chi connectivity index (χ0n) is 13.9. The number of aryl methyl sites for hydroxylation is 1. The Hall–Kier alpha value is -0.920. The highest BCUT2D eigenvalue weighted by Crippen LogP contribution is 2.24. The van der Waals surface area contributed by atoms with E-state index in [4.69, 9.17) is 0 Å². The average molecular weight is 316 g/mol. The Balaban J connectivity index is 3.24. The van der Waals surface area contributed by atoms with Crippen molar-refractivity contribution in [1.82, 2.24) is 19.8 Å². The Morgan fingerprint density at radius 3 is 2.38 bits per heavy atom. The van der Waals surface area contributed by atoms with Gasteiger partial charge in [0.2, 0.25) is 10.0 Å². The Bertz CT molecular complexity index is 549. The van der Waals surface area contributed by atoms with Crippen LogP contribution in [0, 0.1) is 12.8 Å². The largest absolute Gasteiger partial charge is 0.311 e. The summed E-state index contributed by atoms with van der Waals surface area (Å²) in [4.78, 5) is 0.317. The molecule has 7 heteroatoms. The highest BCUT2D eigenvalue weighted by Gasteiger charge is 2.32. The van der Waals surface area contributed by atoms with Gasteiger partial charge in [-0.1, -0.05) is 20.8 Å². The summed E-state index contributed by atoms with van der Waals surface area (Å²) in [6.07, 6.45) is 0. The lowest BCUT2D eigenvalue weighted by Gasteiger charge is -2.27. The van der Waals surface area contributed by atoms with Crippen molar-refractivity contribution in [3.63, 3.8) is 0 Å². The molecule has 0 aromatic carbocycles. The third-order valence-electron chi connectivity index (χ3n) is 3.19. The number of hydrogen-bond donors (Lipinski definition) is 2. The Morgan fingerprint density at radius 1 is 1.29 bits per heavy atom. The number of H-pyrrole nitrogens is 1. The molecule has 0 amide bonds. The molecule has 0 bridgehead atoms. The molecule has 0 aliphatic rings. The van der Waals surface area contributed by atoms with E-state index in [0.717, 1.165) is 6.54 Å². The van der Waals surface area contributed by atoms with Crippen molar-refractivity contribution in [1.29, 1.82) is 0 Å². The lowest BCUT2D eigenvalue weighted by molar-refractivity contribution is 0.318. The van der Waals surface area contributed by atoms with Crippen LogP contribution < -0.4 is 5.32 Å². The predicted molar refractivity (Wildman–Crippen MR) is 84.6 cm³/mol. The topological polar surface area (TPSA) is 78.1 Å². The van der Waals surface area contributed by atoms with Gasteiger partial charge in [0.15, 0.2) is 0 Å². The first-order chi connectivity index (χ1) is 9.71. The summed E-state index contributed by atoms with van der Waals surface area (Å²) < 4.78 is 27.6. The molecule has 0 aliphatic heterocycles. The molecule has 0 fully saturated rings. The molecule has 0 saturated heterocycles. The third kappa shape index (κ3) is 4.28. The van der Waals surface area contributed by atoms with E-state index in [0.29, 0.717) is 29.4 Å². The van der Waals surface area contributed by atoms with Gasteiger partial charge in [-0.3, -0.25) is 5.10 Å². The van der Waals surface area contributed by atoms with Gasteiger partial charge in [-0.05, 0) is 33.2 Å². The SMILES string of the molecule is CCNCc1n[nH]c(C)c1S(=O)(=O)N(CC(C)C)C(C)C. The molecular weight excluding hydrogens is 288 g/mol. The third-order valence-corrected chi connectivity index (χ3v) is 5.44. The molecule has 0 radical (unpaired) electrons. The number of nitrogens with zero attached hydrogens (tertiary/aromatic N) is 2. The van der Waals surface area contributed by atoms with Crippen LogP contribution in [0.15, 0.2) is 4.90 Å². The van der Waals surface area contributed by atoms with Gasteiger partial charge < -0.3 is 5.32 Å². The fourth-order valence-electron chi connectivity index (χ4n) is 2.24. The minimum atomic E-state index is -3.54. The summed E-state index contributed by atoms with van der Waals surface area (Å²) in [5.41, 5.74) is 1.15. The molecular formula is C14H28N4O2S. The molecule has 2 N–H and O–H groups in total. The molecule has 0 atom stereocenters. The smallest absolute Gasteiger partial charge is 0.247 e. The average Bonchev–Trinajstić information content (AvgIpc) is 2.74. The second-order valence-corrected chi connectivity index (χ2v) is 7.79. The van der Waals surface area contributed by atoms with Gasteiger partial charge in [0.25, 0.3) is 0 Å². The van der Waals surface area contributed by atoms with Gasteiger partial charge in [-0.25, -0.2) is 8.42 Å². The van der Waals surface area contributed by atoms with Gasteiger partial charge in [0, 0.05) is 19.1 Å². The molecule has 122 valence electrons. The number of rotatable bonds is 8. The highest BCUT2D eigenvalue weighted by atomic mass is 32.2. The summed E-state index contributed by atoms with van der Waals surface area (Å²) in [5.74, 6) is 0.270. The Morgan fingerprint density at radius 2 is 1.90 bits per heavy atom. The van der Waals surface area contributed by atoms with Crippen LogP contribution in [0.4, 0.5) is 0 Å². The van der Waals surface area contributed by atoms with Gasteiger partial charge >= 0.3 is 0 Å². The zero-order chi connectivity index (χ0) is 16.2. The minimum absolute atomic E-state index is 0.0846. The normalized spacial score (nSPS) is 12.8. The van der Waals surface area contributed by atoms with Crippen LogP contribution >= 0.6 is 0 Å². The van der Waals surface area contributed by atoms with E-state index in [-0.39, 0.29) is 12.0 Å². The van der Waals surface area contributed by atoms with Gasteiger partial charge in [0.05, 0.1) is 11.4 Å². The van der Waals surface area contributed by atoms with Gasteiger partial charge in [-0.15, -0.1) is 0 Å². The summed E-state index contributed by atoms with van der Waals surface area (Å²) in [6, 6.07) is -0.0846. The second kappa shape index (κ2) is 7.38. The Kier molecular flexibility index (Phi) is 6.37. The first-order valence-electron chi connectivity index (χ1n) is 7.48. The Labute approximate surface area is 128 Å². The molecule has 0 unspecified atom stereocenters. The first-order valence-corrected chi connectivity index (χ1v) is 8.92. The van der Waals surface area contributed by atoms with Crippen molar-refractivity contribution in [2.45, 2.75) is 59.0 Å². The van der Waals surface area contributed by atoms with E-state index >= 15 is 0 Å². The van der Waals surface area contributed by atoms with Crippen LogP contribution in [0.2, 0.25) is 0 Å². The van der Waals surface area contributed by atoms with Crippen LogP contribution in [-0.4, -0.2) is 42.1 Å². The standard InChI is InChI=1S/C14H28N4O2S/c1-7-15-8-13-14(12(6)16-17-13)21(19,20)18(11(4)5)9-10(2)3/h10-11,15H,7-9H2,1-6H3,(H,16,17). The zero-order valence-corrected chi connectivity index (χ0v) is 14.7. The van der Waals surface area contributed by atoms with Crippen molar-refractivity contribution in [3.8, 4) is 0 Å². The minimum Gasteiger partial charge on any atom is -0.311 e. The summed E-state index contributed by atoms with van der Waals surface area (Å²) >= 11 is 0. The monoisotopic (exact) mass is 316 g/mol. The molecule has 1 aromatic rings. The maximum atomic E-state index is 13.0. The molecule has 21 heavy (non-hydrogen) atoms. The van der Waals surface area contributed by atoms with Gasteiger partial charge in [0.1, 0.15) is 4.90 Å². The van der Waals surface area contributed by atoms with Crippen LogP contribution in [-0.2, 0) is 16.6 Å². The second-order valence-electron chi connectivity index (χ2n) is 5.97. The lowest BCUT2D eigenvalue weighted by Crippen LogP contribution is -2.40. The molecule has 6 nitrogen and oxygen atoms in total. The van der Waals surface area contributed by atoms with E-state index in [1.54, 1.807) is 11.2 Å². The van der Waals surface area contributed by atoms with Gasteiger partial charge in [-0.2, -0.15) is 9.40 Å². The fourth-order valence-corrected chi connectivity index (χ4v) is 4.37. The quantitative estimate of drug-likeness (QED) is 0.767. The highest BCUT2D eigenvalue weighted by molar-refractivity contribution is 7.89. The summed E-state index contributed by atoms with van der Waals surface area (Å²) in [7, 11) is -3.54. The van der Waals surface area contributed by atoms with E-state index in [1.165, 1.54) is 0 Å². The van der Waals surface area contributed by atoms with Crippen molar-refractivity contribution in [2.75, 3.05) is 13.1 Å². The maximum absolute atomic E-state index is 13.0. The molecule has 0 saturated carbocycles. The number of hydrogen-bond acceptors (Lipinski definition) is 4. The summed E-state index contributed by atoms with van der Waals surface area (Å²) in [5, 5.41) is 10.1. The molecule has 0 aliphatic carbocycles. The molecule has 0 spiro atoms. The number of aromatic amines is 1. The number of nitrogens with one attached hydrogen (secondary N) is 2. The van der Waals surface area contributed by atoms with Crippen LogP contribution in [0.5, 0.6) is 0 Å². The molecule has 1 heterocycles.